The highest BCUT2D eigenvalue weighted by Crippen LogP contribution is 2.17. The Kier molecular flexibility index (Phi) is 5.53. The zero-order chi connectivity index (χ0) is 18.5. The van der Waals surface area contributed by atoms with Crippen LogP contribution in [0.4, 0.5) is 5.69 Å². The summed E-state index contributed by atoms with van der Waals surface area (Å²) in [5.74, 6) is -0.399. The topological polar surface area (TPSA) is 71.3 Å². The number of furan rings is 1. The maximum absolute atomic E-state index is 12.4. The van der Waals surface area contributed by atoms with Gasteiger partial charge in [-0.2, -0.15) is 0 Å². The zero-order valence-corrected chi connectivity index (χ0v) is 15.7. The molecule has 0 saturated carbocycles. The molecule has 26 heavy (non-hydrogen) atoms. The molecule has 0 fully saturated rings. The number of carbonyl (C=O) groups excluding carboxylic acids is 2. The molecule has 0 spiro atoms. The minimum atomic E-state index is -0.381. The molecule has 2 aromatic carbocycles. The van der Waals surface area contributed by atoms with Crippen molar-refractivity contribution in [3.8, 4) is 0 Å². The number of halogens is 1. The van der Waals surface area contributed by atoms with Crippen molar-refractivity contribution in [1.29, 1.82) is 0 Å². The predicted molar refractivity (Wildman–Crippen MR) is 103 cm³/mol. The van der Waals surface area contributed by atoms with Crippen LogP contribution in [0.25, 0.3) is 0 Å². The maximum atomic E-state index is 12.4. The summed E-state index contributed by atoms with van der Waals surface area (Å²) in [4.78, 5) is 24.5. The molecule has 0 bridgehead atoms. The maximum Gasteiger partial charge on any atom is 0.291 e. The molecule has 132 valence electrons. The third-order valence-corrected chi connectivity index (χ3v) is 4.31. The fourth-order valence-corrected chi connectivity index (χ4v) is 2.76. The average molecular weight is 413 g/mol. The first kappa shape index (κ1) is 17.9. The Morgan fingerprint density at radius 2 is 1.81 bits per heavy atom. The van der Waals surface area contributed by atoms with Crippen LogP contribution in [0.5, 0.6) is 0 Å². The monoisotopic (exact) mass is 412 g/mol. The average Bonchev–Trinajstić information content (AvgIpc) is 3.07. The Hall–Kier alpha value is -2.86. The van der Waals surface area contributed by atoms with Gasteiger partial charge in [0.05, 0.1) is 0 Å². The van der Waals surface area contributed by atoms with Gasteiger partial charge in [0.25, 0.3) is 11.8 Å². The molecular formula is C20H17BrN2O3. The molecule has 5 nitrogen and oxygen atoms in total. The van der Waals surface area contributed by atoms with Crippen molar-refractivity contribution in [2.75, 3.05) is 5.32 Å². The Balaban J connectivity index is 1.65. The van der Waals surface area contributed by atoms with Gasteiger partial charge in [-0.3, -0.25) is 9.59 Å². The van der Waals surface area contributed by atoms with Crippen LogP contribution in [0.2, 0.25) is 0 Å². The van der Waals surface area contributed by atoms with Crippen LogP contribution in [0.15, 0.2) is 69.8 Å². The molecule has 0 unspecified atom stereocenters. The van der Waals surface area contributed by atoms with Crippen molar-refractivity contribution < 1.29 is 14.0 Å². The molecule has 3 rings (SSSR count). The second kappa shape index (κ2) is 8.01. The number of benzene rings is 2. The van der Waals surface area contributed by atoms with Gasteiger partial charge in [0.1, 0.15) is 0 Å². The summed E-state index contributed by atoms with van der Waals surface area (Å²) in [5.41, 5.74) is 3.18. The Bertz CT molecular complexity index is 949. The van der Waals surface area contributed by atoms with E-state index >= 15 is 0 Å². The summed E-state index contributed by atoms with van der Waals surface area (Å²) >= 11 is 3.16. The molecule has 0 atom stereocenters. The standard InChI is InChI=1S/C20H17BrN2O3/c1-13-5-2-3-6-15(13)12-22-19(24)14-7-4-8-16(11-14)23-20(25)17-9-10-18(21)26-17/h2-11H,12H2,1H3,(H,22,24)(H,23,25). The quantitative estimate of drug-likeness (QED) is 0.646. The van der Waals surface area contributed by atoms with E-state index in [2.05, 4.69) is 26.6 Å². The highest BCUT2D eigenvalue weighted by Gasteiger charge is 2.12. The highest BCUT2D eigenvalue weighted by atomic mass is 79.9. The van der Waals surface area contributed by atoms with E-state index in [9.17, 15) is 9.59 Å². The van der Waals surface area contributed by atoms with E-state index < -0.39 is 0 Å². The van der Waals surface area contributed by atoms with Crippen molar-refractivity contribution in [1.82, 2.24) is 5.32 Å². The molecule has 0 aliphatic rings. The lowest BCUT2D eigenvalue weighted by Crippen LogP contribution is -2.23. The zero-order valence-electron chi connectivity index (χ0n) is 14.1. The first-order valence-electron chi connectivity index (χ1n) is 8.02. The summed E-state index contributed by atoms with van der Waals surface area (Å²) in [7, 11) is 0. The first-order valence-corrected chi connectivity index (χ1v) is 8.81. The van der Waals surface area contributed by atoms with Crippen molar-refractivity contribution >= 4 is 33.4 Å². The van der Waals surface area contributed by atoms with Gasteiger partial charge in [-0.05, 0) is 64.3 Å². The minimum Gasteiger partial charge on any atom is -0.444 e. The second-order valence-electron chi connectivity index (χ2n) is 5.75. The van der Waals surface area contributed by atoms with E-state index in [1.807, 2.05) is 31.2 Å². The number of hydrogen-bond acceptors (Lipinski definition) is 3. The summed E-state index contributed by atoms with van der Waals surface area (Å²) in [6, 6.07) is 17.9. The molecule has 3 aromatic rings. The molecule has 6 heteroatoms. The minimum absolute atomic E-state index is 0.186. The summed E-state index contributed by atoms with van der Waals surface area (Å²) in [6.45, 7) is 2.45. The van der Waals surface area contributed by atoms with Crippen molar-refractivity contribution in [2.24, 2.45) is 0 Å². The number of nitrogens with one attached hydrogen (secondary N) is 2. The van der Waals surface area contributed by atoms with Gasteiger partial charge in [0.2, 0.25) is 0 Å². The number of amides is 2. The van der Waals surface area contributed by atoms with E-state index in [4.69, 9.17) is 4.42 Å². The second-order valence-corrected chi connectivity index (χ2v) is 6.53. The van der Waals surface area contributed by atoms with Gasteiger partial charge in [-0.1, -0.05) is 30.3 Å². The molecule has 0 radical (unpaired) electrons. The van der Waals surface area contributed by atoms with E-state index in [0.29, 0.717) is 22.5 Å². The van der Waals surface area contributed by atoms with Crippen LogP contribution in [0.3, 0.4) is 0 Å². The van der Waals surface area contributed by atoms with Gasteiger partial charge >= 0.3 is 0 Å². The van der Waals surface area contributed by atoms with Crippen LogP contribution in [0, 0.1) is 6.92 Å². The molecule has 1 aromatic heterocycles. The number of carbonyl (C=O) groups is 2. The molecule has 1 heterocycles. The Morgan fingerprint density at radius 1 is 1.00 bits per heavy atom. The first-order chi connectivity index (χ1) is 12.5. The van der Waals surface area contributed by atoms with Gasteiger partial charge in [0, 0.05) is 17.8 Å². The highest BCUT2D eigenvalue weighted by molar-refractivity contribution is 9.10. The lowest BCUT2D eigenvalue weighted by Gasteiger charge is -2.09. The van der Waals surface area contributed by atoms with Crippen LogP contribution < -0.4 is 10.6 Å². The van der Waals surface area contributed by atoms with Crippen molar-refractivity contribution in [2.45, 2.75) is 13.5 Å². The number of aryl methyl sites for hydroxylation is 1. The molecule has 0 aliphatic heterocycles. The van der Waals surface area contributed by atoms with E-state index in [1.165, 1.54) is 0 Å². The third-order valence-electron chi connectivity index (χ3n) is 3.88. The Labute approximate surface area is 159 Å². The van der Waals surface area contributed by atoms with Gasteiger partial charge < -0.3 is 15.1 Å². The van der Waals surface area contributed by atoms with Gasteiger partial charge in [-0.15, -0.1) is 0 Å². The molecule has 0 saturated heterocycles. The smallest absolute Gasteiger partial charge is 0.291 e. The summed E-state index contributed by atoms with van der Waals surface area (Å²) in [5, 5.41) is 5.61. The normalized spacial score (nSPS) is 10.4. The van der Waals surface area contributed by atoms with Gasteiger partial charge in [-0.25, -0.2) is 0 Å². The number of anilines is 1. The number of rotatable bonds is 5. The molecule has 2 amide bonds. The third kappa shape index (κ3) is 4.40. The van der Waals surface area contributed by atoms with Crippen molar-refractivity contribution in [3.05, 3.63) is 87.8 Å². The van der Waals surface area contributed by atoms with Crippen LogP contribution in [-0.4, -0.2) is 11.8 Å². The fraction of sp³-hybridized carbons (Fsp3) is 0.100. The lowest BCUT2D eigenvalue weighted by molar-refractivity contribution is 0.0949. The van der Waals surface area contributed by atoms with Crippen LogP contribution in [-0.2, 0) is 6.54 Å². The van der Waals surface area contributed by atoms with E-state index in [-0.39, 0.29) is 17.6 Å². The van der Waals surface area contributed by atoms with Gasteiger partial charge in [0.15, 0.2) is 10.4 Å². The Morgan fingerprint density at radius 3 is 2.54 bits per heavy atom. The van der Waals surface area contributed by atoms with Crippen molar-refractivity contribution in [3.63, 3.8) is 0 Å². The summed E-state index contributed by atoms with van der Waals surface area (Å²) < 4.78 is 5.70. The molecule has 2 N–H and O–H groups in total. The van der Waals surface area contributed by atoms with Crippen LogP contribution >= 0.6 is 15.9 Å². The number of hydrogen-bond donors (Lipinski definition) is 2. The largest absolute Gasteiger partial charge is 0.444 e. The fourth-order valence-electron chi connectivity index (χ4n) is 2.45. The molecule has 0 aliphatic carbocycles. The summed E-state index contributed by atoms with van der Waals surface area (Å²) in [6.07, 6.45) is 0. The van der Waals surface area contributed by atoms with E-state index in [0.717, 1.165) is 11.1 Å². The van der Waals surface area contributed by atoms with E-state index in [1.54, 1.807) is 36.4 Å². The lowest BCUT2D eigenvalue weighted by atomic mass is 10.1. The predicted octanol–water partition coefficient (Wildman–Crippen LogP) is 4.53. The SMILES string of the molecule is Cc1ccccc1CNC(=O)c1cccc(NC(=O)c2ccc(Br)o2)c1. The van der Waals surface area contributed by atoms with Crippen LogP contribution in [0.1, 0.15) is 32.0 Å². The molecular weight excluding hydrogens is 396 g/mol.